The van der Waals surface area contributed by atoms with Crippen LogP contribution in [0.3, 0.4) is 0 Å². The van der Waals surface area contributed by atoms with Gasteiger partial charge in [0, 0.05) is 11.5 Å². The predicted molar refractivity (Wildman–Crippen MR) is 109 cm³/mol. The molecule has 0 radical (unpaired) electrons. The maximum absolute atomic E-state index is 13.1. The van der Waals surface area contributed by atoms with Crippen LogP contribution in [0.15, 0.2) is 65.8 Å². The van der Waals surface area contributed by atoms with Crippen molar-refractivity contribution < 1.29 is 19.1 Å². The van der Waals surface area contributed by atoms with Gasteiger partial charge in [-0.3, -0.25) is 19.8 Å². The van der Waals surface area contributed by atoms with E-state index in [0.29, 0.717) is 17.0 Å². The van der Waals surface area contributed by atoms with Gasteiger partial charge in [-0.25, -0.2) is 9.88 Å². The monoisotopic (exact) mass is 400 g/mol. The minimum absolute atomic E-state index is 0.00785. The van der Waals surface area contributed by atoms with Crippen LogP contribution < -0.4 is 15.1 Å². The third kappa shape index (κ3) is 2.65. The summed E-state index contributed by atoms with van der Waals surface area (Å²) in [7, 11) is 1.50. The number of carbonyl (C=O) groups is 3. The van der Waals surface area contributed by atoms with E-state index in [1.54, 1.807) is 42.5 Å². The summed E-state index contributed by atoms with van der Waals surface area (Å²) in [4.78, 5) is 44.6. The maximum atomic E-state index is 13.1. The number of hydrazone groups is 1. The fourth-order valence-corrected chi connectivity index (χ4v) is 3.80. The highest BCUT2D eigenvalue weighted by Crippen LogP contribution is 2.32. The Morgan fingerprint density at radius 3 is 2.70 bits per heavy atom. The van der Waals surface area contributed by atoms with Crippen molar-refractivity contribution in [3.05, 3.63) is 66.4 Å². The van der Waals surface area contributed by atoms with Gasteiger partial charge in [-0.15, -0.1) is 0 Å². The van der Waals surface area contributed by atoms with E-state index in [0.717, 1.165) is 10.3 Å². The number of benzene rings is 2. The van der Waals surface area contributed by atoms with Crippen molar-refractivity contribution in [3.63, 3.8) is 0 Å². The molecule has 2 aromatic carbocycles. The minimum Gasteiger partial charge on any atom is -0.497 e. The number of nitrogens with zero attached hydrogens (tertiary/aromatic N) is 3. The van der Waals surface area contributed by atoms with Gasteiger partial charge in [-0.2, -0.15) is 5.10 Å². The van der Waals surface area contributed by atoms with Crippen LogP contribution in [0.2, 0.25) is 0 Å². The van der Waals surface area contributed by atoms with Gasteiger partial charge in [0.05, 0.1) is 18.3 Å². The van der Waals surface area contributed by atoms with E-state index in [1.165, 1.54) is 7.11 Å². The number of nitrogens with one attached hydrogen (secondary N) is 1. The number of para-hydroxylation sites is 1. The molecule has 3 heterocycles. The summed E-state index contributed by atoms with van der Waals surface area (Å²) in [5.41, 5.74) is 3.88. The van der Waals surface area contributed by atoms with Crippen LogP contribution in [0, 0.1) is 5.92 Å². The molecule has 1 fully saturated rings. The van der Waals surface area contributed by atoms with Crippen LogP contribution in [0.1, 0.15) is 10.5 Å². The van der Waals surface area contributed by atoms with Crippen molar-refractivity contribution in [3.8, 4) is 5.75 Å². The first-order valence-corrected chi connectivity index (χ1v) is 9.34. The molecule has 0 aliphatic carbocycles. The summed E-state index contributed by atoms with van der Waals surface area (Å²) in [6.07, 6.45) is 0. The van der Waals surface area contributed by atoms with Crippen LogP contribution in [0.5, 0.6) is 5.75 Å². The number of aromatic nitrogens is 1. The highest BCUT2D eigenvalue weighted by atomic mass is 16.5. The lowest BCUT2D eigenvalue weighted by Gasteiger charge is -2.16. The molecule has 1 saturated heterocycles. The Bertz CT molecular complexity index is 1250. The highest BCUT2D eigenvalue weighted by Gasteiger charge is 2.55. The van der Waals surface area contributed by atoms with Gasteiger partial charge >= 0.3 is 0 Å². The molecule has 148 valence electrons. The molecule has 1 aromatic heterocycles. The van der Waals surface area contributed by atoms with Crippen molar-refractivity contribution in [1.29, 1.82) is 0 Å². The number of carbonyl (C=O) groups excluding carboxylic acids is 3. The summed E-state index contributed by atoms with van der Waals surface area (Å²) in [6.45, 7) is 0. The minimum atomic E-state index is -0.996. The van der Waals surface area contributed by atoms with E-state index in [9.17, 15) is 14.4 Å². The average molecular weight is 400 g/mol. The van der Waals surface area contributed by atoms with Crippen LogP contribution in [-0.2, 0) is 9.59 Å². The first-order valence-electron chi connectivity index (χ1n) is 9.34. The molecule has 5 rings (SSSR count). The zero-order valence-corrected chi connectivity index (χ0v) is 15.9. The number of hydrogen-bond acceptors (Lipinski definition) is 7. The Morgan fingerprint density at radius 2 is 1.87 bits per heavy atom. The molecule has 2 aliphatic rings. The van der Waals surface area contributed by atoms with E-state index in [1.807, 2.05) is 18.2 Å². The number of fused-ring (bicyclic) bond motifs is 2. The van der Waals surface area contributed by atoms with Gasteiger partial charge in [0.2, 0.25) is 11.7 Å². The largest absolute Gasteiger partial charge is 0.497 e. The average Bonchev–Trinajstić information content (AvgIpc) is 3.33. The second-order valence-corrected chi connectivity index (χ2v) is 7.01. The van der Waals surface area contributed by atoms with E-state index < -0.39 is 29.6 Å². The van der Waals surface area contributed by atoms with Crippen LogP contribution in [0.4, 0.5) is 5.69 Å². The Hall–Kier alpha value is -4.07. The van der Waals surface area contributed by atoms with Gasteiger partial charge in [0.25, 0.3) is 5.91 Å². The molecule has 8 nitrogen and oxygen atoms in total. The Morgan fingerprint density at radius 1 is 1.03 bits per heavy atom. The Balaban J connectivity index is 1.48. The van der Waals surface area contributed by atoms with Gasteiger partial charge in [0.15, 0.2) is 0 Å². The SMILES string of the molecule is COc1cccc(N2C(=O)C3NN=C(C(=O)c4ccc5ccccc5n4)C3C2=O)c1. The molecule has 2 aliphatic heterocycles. The van der Waals surface area contributed by atoms with E-state index in [4.69, 9.17) is 4.74 Å². The van der Waals surface area contributed by atoms with E-state index in [2.05, 4.69) is 15.5 Å². The van der Waals surface area contributed by atoms with Gasteiger partial charge < -0.3 is 4.74 Å². The number of rotatable bonds is 4. The first kappa shape index (κ1) is 18.0. The topological polar surface area (TPSA) is 101 Å². The van der Waals surface area contributed by atoms with Gasteiger partial charge in [-0.05, 0) is 24.3 Å². The number of pyridine rings is 1. The van der Waals surface area contributed by atoms with E-state index in [-0.39, 0.29) is 11.4 Å². The standard InChI is InChI=1S/C22H16N4O4/c1-30-14-7-4-6-13(11-14)26-21(28)17-18(24-25-19(17)22(26)29)20(27)16-10-9-12-5-2-3-8-15(12)23-16/h2-11,17,19,25H,1H3. The zero-order chi connectivity index (χ0) is 20.8. The third-order valence-electron chi connectivity index (χ3n) is 5.30. The van der Waals surface area contributed by atoms with Crippen LogP contribution in [0.25, 0.3) is 10.9 Å². The second kappa shape index (κ2) is 6.77. The molecule has 30 heavy (non-hydrogen) atoms. The Kier molecular flexibility index (Phi) is 4.06. The number of amides is 2. The molecule has 0 spiro atoms. The third-order valence-corrected chi connectivity index (χ3v) is 5.30. The predicted octanol–water partition coefficient (Wildman–Crippen LogP) is 1.94. The summed E-state index contributed by atoms with van der Waals surface area (Å²) in [6, 6.07) is 16.5. The van der Waals surface area contributed by atoms with Crippen molar-refractivity contribution in [2.45, 2.75) is 6.04 Å². The molecular weight excluding hydrogens is 384 g/mol. The number of imide groups is 1. The fourth-order valence-electron chi connectivity index (χ4n) is 3.80. The highest BCUT2D eigenvalue weighted by molar-refractivity contribution is 6.52. The molecule has 0 saturated carbocycles. The molecule has 1 N–H and O–H groups in total. The lowest BCUT2D eigenvalue weighted by molar-refractivity contribution is -0.122. The molecule has 2 atom stereocenters. The normalized spacial score (nSPS) is 20.2. The number of methoxy groups -OCH3 is 1. The number of Topliss-reactive ketones (excluding diaryl/α,β-unsaturated/α-hetero) is 1. The fraction of sp³-hybridized carbons (Fsp3) is 0.136. The number of anilines is 1. The summed E-state index contributed by atoms with van der Waals surface area (Å²) in [5, 5.41) is 4.92. The molecule has 0 bridgehead atoms. The number of ether oxygens (including phenoxy) is 1. The van der Waals surface area contributed by atoms with Crippen molar-refractivity contribution >= 4 is 39.9 Å². The summed E-state index contributed by atoms with van der Waals surface area (Å²) in [5.74, 6) is -1.92. The van der Waals surface area contributed by atoms with Crippen LogP contribution in [-0.4, -0.2) is 41.4 Å². The summed E-state index contributed by atoms with van der Waals surface area (Å²) < 4.78 is 5.18. The molecule has 2 unspecified atom stereocenters. The molecular formula is C22H16N4O4. The van der Waals surface area contributed by atoms with Crippen molar-refractivity contribution in [1.82, 2.24) is 10.4 Å². The quantitative estimate of drug-likeness (QED) is 0.531. The van der Waals surface area contributed by atoms with Gasteiger partial charge in [-0.1, -0.05) is 30.3 Å². The Labute approximate surface area is 171 Å². The number of hydrogen-bond donors (Lipinski definition) is 1. The number of ketones is 1. The molecule has 8 heteroatoms. The lowest BCUT2D eigenvalue weighted by Crippen LogP contribution is -2.36. The summed E-state index contributed by atoms with van der Waals surface area (Å²) >= 11 is 0. The molecule has 3 aromatic rings. The first-order chi connectivity index (χ1) is 14.6. The second-order valence-electron chi connectivity index (χ2n) is 7.01. The van der Waals surface area contributed by atoms with Crippen molar-refractivity contribution in [2.75, 3.05) is 12.0 Å². The smallest absolute Gasteiger partial charge is 0.259 e. The van der Waals surface area contributed by atoms with Crippen LogP contribution >= 0.6 is 0 Å². The zero-order valence-electron chi connectivity index (χ0n) is 15.9. The van der Waals surface area contributed by atoms with Crippen molar-refractivity contribution in [2.24, 2.45) is 11.0 Å². The maximum Gasteiger partial charge on any atom is 0.259 e. The van der Waals surface area contributed by atoms with E-state index >= 15 is 0 Å². The molecule has 2 amide bonds. The van der Waals surface area contributed by atoms with Gasteiger partial charge in [0.1, 0.15) is 29.1 Å². The lowest BCUT2D eigenvalue weighted by atomic mass is 9.94.